The van der Waals surface area contributed by atoms with Gasteiger partial charge in [-0.05, 0) is 67.9 Å². The molecule has 1 amide bonds. The molecule has 0 aliphatic rings. The maximum atomic E-state index is 13.8. The quantitative estimate of drug-likeness (QED) is 0.165. The van der Waals surface area contributed by atoms with E-state index in [1.54, 1.807) is 55.8 Å². The van der Waals surface area contributed by atoms with Crippen LogP contribution in [0.3, 0.4) is 0 Å². The Morgan fingerprint density at radius 2 is 1.86 bits per heavy atom. The number of alkyl halides is 3. The molecule has 0 fully saturated rings. The Kier molecular flexibility index (Phi) is 9.15. The van der Waals surface area contributed by atoms with Gasteiger partial charge in [0.05, 0.1) is 23.4 Å². The van der Waals surface area contributed by atoms with Crippen molar-refractivity contribution in [3.05, 3.63) is 102 Å². The minimum absolute atomic E-state index is 0.0890. The molecule has 0 aliphatic carbocycles. The number of halogens is 3. The van der Waals surface area contributed by atoms with Crippen LogP contribution in [-0.4, -0.2) is 40.0 Å². The Bertz CT molecular complexity index is 1610. The number of esters is 1. The lowest BCUT2D eigenvalue weighted by Gasteiger charge is -2.16. The number of rotatable bonds is 10. The van der Waals surface area contributed by atoms with E-state index < -0.39 is 36.0 Å². The molecule has 0 unspecified atom stereocenters. The number of aromatic nitrogens is 3. The molecule has 216 valence electrons. The third-order valence-corrected chi connectivity index (χ3v) is 5.87. The van der Waals surface area contributed by atoms with Gasteiger partial charge in [-0.1, -0.05) is 12.6 Å². The zero-order valence-electron chi connectivity index (χ0n) is 22.7. The predicted octanol–water partition coefficient (Wildman–Crippen LogP) is 6.36. The van der Waals surface area contributed by atoms with Crippen molar-refractivity contribution in [2.75, 3.05) is 23.8 Å². The molecular formula is C30H26F3N5O4. The van der Waals surface area contributed by atoms with Gasteiger partial charge in [0, 0.05) is 41.1 Å². The van der Waals surface area contributed by atoms with Crippen molar-refractivity contribution in [3.8, 4) is 17.0 Å². The molecule has 0 bridgehead atoms. The molecule has 0 radical (unpaired) electrons. The highest BCUT2D eigenvalue weighted by molar-refractivity contribution is 6.05. The number of carbonyl (C=O) groups is 2. The standard InChI is InChI=1S/C30H26F3N5O4/c1-4-41-28(40)19(3)17-42-26-10-9-22(15-23(26)30(31,32)33)36-27(39)20-8-7-18(2)25(14-20)38-29-35-13-11-24(37-29)21-6-5-12-34-16-21/h5-16H,3-4,17H2,1-2H3,(H,36,39)(H,35,37,38). The van der Waals surface area contributed by atoms with E-state index in [1.807, 2.05) is 13.0 Å². The lowest BCUT2D eigenvalue weighted by molar-refractivity contribution is -0.139. The maximum Gasteiger partial charge on any atom is 0.420 e. The molecule has 12 heteroatoms. The smallest absolute Gasteiger partial charge is 0.420 e. The van der Waals surface area contributed by atoms with Crippen LogP contribution < -0.4 is 15.4 Å². The van der Waals surface area contributed by atoms with E-state index in [-0.39, 0.29) is 29.4 Å². The summed E-state index contributed by atoms with van der Waals surface area (Å²) in [6.07, 6.45) is 0.113. The second kappa shape index (κ2) is 12.9. The third kappa shape index (κ3) is 7.47. The number of amides is 1. The topological polar surface area (TPSA) is 115 Å². The normalized spacial score (nSPS) is 11.0. The Labute approximate surface area is 239 Å². The highest BCUT2D eigenvalue weighted by Gasteiger charge is 2.35. The fourth-order valence-corrected chi connectivity index (χ4v) is 3.73. The van der Waals surface area contributed by atoms with Gasteiger partial charge in [0.2, 0.25) is 5.95 Å². The van der Waals surface area contributed by atoms with Gasteiger partial charge in [-0.3, -0.25) is 9.78 Å². The second-order valence-electron chi connectivity index (χ2n) is 8.94. The van der Waals surface area contributed by atoms with E-state index in [2.05, 4.69) is 32.2 Å². The van der Waals surface area contributed by atoms with Gasteiger partial charge in [-0.25, -0.2) is 14.8 Å². The first-order chi connectivity index (χ1) is 20.0. The molecule has 0 saturated heterocycles. The molecule has 2 N–H and O–H groups in total. The van der Waals surface area contributed by atoms with Crippen LogP contribution in [-0.2, 0) is 15.7 Å². The molecule has 42 heavy (non-hydrogen) atoms. The number of nitrogens with zero attached hydrogens (tertiary/aromatic N) is 3. The largest absolute Gasteiger partial charge is 0.488 e. The molecular weight excluding hydrogens is 551 g/mol. The Morgan fingerprint density at radius 3 is 2.57 bits per heavy atom. The van der Waals surface area contributed by atoms with Crippen molar-refractivity contribution in [2.45, 2.75) is 20.0 Å². The van der Waals surface area contributed by atoms with Crippen LogP contribution in [0.5, 0.6) is 5.75 Å². The summed E-state index contributed by atoms with van der Waals surface area (Å²) in [5.41, 5.74) is 1.57. The molecule has 0 saturated carbocycles. The number of hydrogen-bond donors (Lipinski definition) is 2. The first-order valence-corrected chi connectivity index (χ1v) is 12.7. The number of hydrogen-bond acceptors (Lipinski definition) is 8. The van der Waals surface area contributed by atoms with Gasteiger partial charge in [0.1, 0.15) is 12.4 Å². The molecule has 9 nitrogen and oxygen atoms in total. The third-order valence-electron chi connectivity index (χ3n) is 5.87. The van der Waals surface area contributed by atoms with Crippen molar-refractivity contribution in [2.24, 2.45) is 0 Å². The monoisotopic (exact) mass is 577 g/mol. The van der Waals surface area contributed by atoms with Gasteiger partial charge in [-0.15, -0.1) is 0 Å². The zero-order chi connectivity index (χ0) is 30.3. The summed E-state index contributed by atoms with van der Waals surface area (Å²) in [6.45, 7) is 6.47. The Balaban J connectivity index is 1.50. The van der Waals surface area contributed by atoms with Crippen molar-refractivity contribution >= 4 is 29.2 Å². The minimum atomic E-state index is -4.80. The summed E-state index contributed by atoms with van der Waals surface area (Å²) in [6, 6.07) is 13.3. The average molecular weight is 578 g/mol. The Hall–Kier alpha value is -5.26. The van der Waals surface area contributed by atoms with E-state index in [0.717, 1.165) is 23.3 Å². The maximum absolute atomic E-state index is 13.8. The summed E-state index contributed by atoms with van der Waals surface area (Å²) < 4.78 is 51.4. The van der Waals surface area contributed by atoms with Crippen LogP contribution in [0.15, 0.2) is 85.3 Å². The molecule has 0 spiro atoms. The fourth-order valence-electron chi connectivity index (χ4n) is 3.73. The van der Waals surface area contributed by atoms with E-state index in [9.17, 15) is 22.8 Å². The lowest BCUT2D eigenvalue weighted by Crippen LogP contribution is -2.16. The molecule has 2 aromatic heterocycles. The molecule has 4 aromatic rings. The summed E-state index contributed by atoms with van der Waals surface area (Å²) in [4.78, 5) is 37.5. The first kappa shape index (κ1) is 29.7. The number of ether oxygens (including phenoxy) is 2. The number of aryl methyl sites for hydroxylation is 1. The van der Waals surface area contributed by atoms with E-state index >= 15 is 0 Å². The summed E-state index contributed by atoms with van der Waals surface area (Å²) in [5, 5.41) is 5.58. The van der Waals surface area contributed by atoms with Crippen molar-refractivity contribution in [1.29, 1.82) is 0 Å². The molecule has 0 aliphatic heterocycles. The highest BCUT2D eigenvalue weighted by atomic mass is 19.4. The van der Waals surface area contributed by atoms with Crippen LogP contribution in [0.4, 0.5) is 30.5 Å². The first-order valence-electron chi connectivity index (χ1n) is 12.7. The fraction of sp³-hybridized carbons (Fsp3) is 0.167. The number of nitrogens with one attached hydrogen (secondary N) is 2. The summed E-state index contributed by atoms with van der Waals surface area (Å²) in [5.74, 6) is -1.65. The van der Waals surface area contributed by atoms with E-state index in [1.165, 1.54) is 6.07 Å². The number of anilines is 3. The second-order valence-corrected chi connectivity index (χ2v) is 8.94. The van der Waals surface area contributed by atoms with E-state index in [4.69, 9.17) is 9.47 Å². The lowest BCUT2D eigenvalue weighted by atomic mass is 10.1. The Morgan fingerprint density at radius 1 is 1.05 bits per heavy atom. The molecule has 4 rings (SSSR count). The van der Waals surface area contributed by atoms with Crippen LogP contribution in [0.2, 0.25) is 0 Å². The van der Waals surface area contributed by atoms with Crippen molar-refractivity contribution in [3.63, 3.8) is 0 Å². The summed E-state index contributed by atoms with van der Waals surface area (Å²) in [7, 11) is 0. The van der Waals surface area contributed by atoms with Gasteiger partial charge >= 0.3 is 12.1 Å². The summed E-state index contributed by atoms with van der Waals surface area (Å²) >= 11 is 0. The zero-order valence-corrected chi connectivity index (χ0v) is 22.7. The molecule has 0 atom stereocenters. The molecule has 2 aromatic carbocycles. The SMILES string of the molecule is C=C(COc1ccc(NC(=O)c2ccc(C)c(Nc3nccc(-c4cccnc4)n3)c2)cc1C(F)(F)F)C(=O)OCC. The average Bonchev–Trinajstić information content (AvgIpc) is 2.97. The molecule has 2 heterocycles. The van der Waals surface area contributed by atoms with Crippen LogP contribution in [0.25, 0.3) is 11.3 Å². The van der Waals surface area contributed by atoms with E-state index in [0.29, 0.717) is 11.4 Å². The highest BCUT2D eigenvalue weighted by Crippen LogP contribution is 2.38. The predicted molar refractivity (Wildman–Crippen MR) is 150 cm³/mol. The van der Waals surface area contributed by atoms with Crippen LogP contribution in [0.1, 0.15) is 28.4 Å². The minimum Gasteiger partial charge on any atom is -0.488 e. The number of pyridine rings is 1. The van der Waals surface area contributed by atoms with Gasteiger partial charge in [0.25, 0.3) is 5.91 Å². The van der Waals surface area contributed by atoms with Gasteiger partial charge in [0.15, 0.2) is 0 Å². The number of benzene rings is 2. The van der Waals surface area contributed by atoms with Crippen molar-refractivity contribution in [1.82, 2.24) is 15.0 Å². The van der Waals surface area contributed by atoms with Crippen molar-refractivity contribution < 1.29 is 32.2 Å². The van der Waals surface area contributed by atoms with Crippen LogP contribution >= 0.6 is 0 Å². The van der Waals surface area contributed by atoms with Gasteiger partial charge < -0.3 is 20.1 Å². The van der Waals surface area contributed by atoms with Crippen LogP contribution in [0, 0.1) is 6.92 Å². The van der Waals surface area contributed by atoms with Gasteiger partial charge in [-0.2, -0.15) is 13.2 Å². The number of carbonyl (C=O) groups excluding carboxylic acids is 2.